The van der Waals surface area contributed by atoms with E-state index in [-0.39, 0.29) is 24.8 Å². The topological polar surface area (TPSA) is 0 Å². The van der Waals surface area contributed by atoms with E-state index in [0.29, 0.717) is 0 Å². The molecule has 0 amide bonds. The van der Waals surface area contributed by atoms with Crippen LogP contribution in [0.25, 0.3) is 0 Å². The molecule has 0 spiro atoms. The van der Waals surface area contributed by atoms with Gasteiger partial charge >= 0.3 is 147 Å². The maximum absolute atomic E-state index is 2.76. The molecular formula is C20H29Cl2GeZr. The number of fused-ring (bicyclic) bond motifs is 2. The maximum Gasteiger partial charge on any atom is -1.00 e. The predicted molar refractivity (Wildman–Crippen MR) is 95.4 cm³/mol. The zero-order chi connectivity index (χ0) is 15.1. The number of halogens is 2. The van der Waals surface area contributed by atoms with Gasteiger partial charge in [0.2, 0.25) is 0 Å². The molecule has 4 aliphatic carbocycles. The largest absolute Gasteiger partial charge is 1.00 e. The van der Waals surface area contributed by atoms with Crippen molar-refractivity contribution in [2.45, 2.75) is 44.4 Å². The quantitative estimate of drug-likeness (QED) is 0.455. The zero-order valence-corrected chi connectivity index (χ0v) is 21.1. The average molecular weight is 504 g/mol. The van der Waals surface area contributed by atoms with Crippen molar-refractivity contribution in [3.8, 4) is 0 Å². The van der Waals surface area contributed by atoms with Crippen molar-refractivity contribution < 1.29 is 44.1 Å². The molecule has 0 heterocycles. The van der Waals surface area contributed by atoms with E-state index in [1.807, 2.05) is 0 Å². The third-order valence-corrected chi connectivity index (χ3v) is 44.6. The van der Waals surface area contributed by atoms with Crippen LogP contribution in [0.1, 0.15) is 25.7 Å². The van der Waals surface area contributed by atoms with Crippen LogP contribution in [0.15, 0.2) is 48.6 Å². The van der Waals surface area contributed by atoms with E-state index in [1.54, 1.807) is 12.8 Å². The Balaban J connectivity index is 0.00000104. The molecule has 0 aliphatic heterocycles. The van der Waals surface area contributed by atoms with E-state index in [9.17, 15) is 0 Å². The summed E-state index contributed by atoms with van der Waals surface area (Å²) < 4.78 is 2.38. The van der Waals surface area contributed by atoms with Gasteiger partial charge in [0.15, 0.2) is 0 Å². The van der Waals surface area contributed by atoms with E-state index in [4.69, 9.17) is 0 Å². The Morgan fingerprint density at radius 2 is 1.08 bits per heavy atom. The molecule has 6 atom stereocenters. The minimum Gasteiger partial charge on any atom is -1.00 e. The second-order valence-corrected chi connectivity index (χ2v) is 42.0. The van der Waals surface area contributed by atoms with Gasteiger partial charge in [-0.25, -0.2) is 0 Å². The minimum absolute atomic E-state index is 0. The summed E-state index contributed by atoms with van der Waals surface area (Å²) in [5, 5.41) is 0. The third kappa shape index (κ3) is 3.95. The molecule has 0 radical (unpaired) electrons. The van der Waals surface area contributed by atoms with Crippen LogP contribution in [0.3, 0.4) is 0 Å². The van der Waals surface area contributed by atoms with Crippen molar-refractivity contribution in [1.82, 2.24) is 0 Å². The Bertz CT molecular complexity index is 496. The molecule has 4 aliphatic rings. The van der Waals surface area contributed by atoms with Crippen molar-refractivity contribution in [1.29, 1.82) is 0 Å². The summed E-state index contributed by atoms with van der Waals surface area (Å²) in [5.41, 5.74) is 0. The van der Waals surface area contributed by atoms with E-state index in [0.717, 1.165) is 23.7 Å². The van der Waals surface area contributed by atoms with E-state index in [2.05, 4.69) is 60.1 Å². The number of hydrogen-bond acceptors (Lipinski definition) is 0. The molecule has 4 rings (SSSR count). The molecule has 131 valence electrons. The van der Waals surface area contributed by atoms with Crippen molar-refractivity contribution in [2.24, 2.45) is 23.7 Å². The van der Waals surface area contributed by atoms with Gasteiger partial charge in [0.25, 0.3) is 0 Å². The first-order valence-electron chi connectivity index (χ1n) is 9.32. The smallest absolute Gasteiger partial charge is 1.00 e. The fraction of sp³-hybridized carbons (Fsp3) is 0.600. The summed E-state index contributed by atoms with van der Waals surface area (Å²) in [6, 6.07) is 0. The second-order valence-electron chi connectivity index (χ2n) is 8.04. The molecule has 0 saturated heterocycles. The molecule has 2 fully saturated rings. The average Bonchev–Trinajstić information content (AvgIpc) is 3.13. The molecule has 0 aromatic rings. The van der Waals surface area contributed by atoms with Crippen LogP contribution in [-0.4, -0.2) is 10.6 Å². The maximum atomic E-state index is 2.76. The van der Waals surface area contributed by atoms with Crippen LogP contribution >= 0.6 is 0 Å². The Labute approximate surface area is 170 Å². The van der Waals surface area contributed by atoms with Crippen LogP contribution < -0.4 is 24.8 Å². The van der Waals surface area contributed by atoms with Crippen molar-refractivity contribution in [2.75, 3.05) is 0 Å². The van der Waals surface area contributed by atoms with E-state index >= 15 is 0 Å². The normalized spacial score (nSPS) is 38.5. The van der Waals surface area contributed by atoms with Gasteiger partial charge in [-0.05, 0) is 0 Å². The van der Waals surface area contributed by atoms with Gasteiger partial charge < -0.3 is 24.8 Å². The van der Waals surface area contributed by atoms with Crippen LogP contribution in [0.4, 0.5) is 0 Å². The third-order valence-electron chi connectivity index (χ3n) is 6.67. The van der Waals surface area contributed by atoms with E-state index in [1.165, 1.54) is 20.1 Å². The fourth-order valence-corrected chi connectivity index (χ4v) is 48.7. The summed E-state index contributed by atoms with van der Waals surface area (Å²) in [6.45, 7) is 0. The number of rotatable bonds is 3. The summed E-state index contributed by atoms with van der Waals surface area (Å²) in [4.78, 5) is 0. The Morgan fingerprint density at radius 1 is 0.667 bits per heavy atom. The Hall–Kier alpha value is 0.966. The fourth-order valence-electron chi connectivity index (χ4n) is 5.82. The van der Waals surface area contributed by atoms with Gasteiger partial charge in [-0.1, -0.05) is 0 Å². The summed E-state index contributed by atoms with van der Waals surface area (Å²) in [5.74, 6) is 9.24. The van der Waals surface area contributed by atoms with Gasteiger partial charge in [-0.15, -0.1) is 0 Å². The van der Waals surface area contributed by atoms with Crippen LogP contribution in [-0.2, 0) is 19.2 Å². The standard InChI is InChI=1S/2C9H11.C2H7Ge.2ClH.Zr/c2*1-2-5-9-7-3-6-8(9)4-1;1-3-2;;;/h2*1-2,4-6,8-9H,3,7H2;3H,1-2H3;2*1H;/q;;;;;+2/p-2. The van der Waals surface area contributed by atoms with Crippen LogP contribution in [0, 0.1) is 23.7 Å². The van der Waals surface area contributed by atoms with Crippen molar-refractivity contribution in [3.05, 3.63) is 48.6 Å². The molecule has 0 aromatic heterocycles. The Morgan fingerprint density at radius 3 is 1.50 bits per heavy atom. The monoisotopic (exact) mass is 503 g/mol. The first kappa shape index (κ1) is 21.3. The number of hydrogen-bond donors (Lipinski definition) is 0. The molecule has 0 aromatic carbocycles. The van der Waals surface area contributed by atoms with E-state index < -0.39 is 29.8 Å². The Kier molecular flexibility index (Phi) is 8.20. The van der Waals surface area contributed by atoms with Crippen LogP contribution in [0.5, 0.6) is 0 Å². The molecule has 24 heavy (non-hydrogen) atoms. The molecule has 6 unspecified atom stereocenters. The molecule has 0 bridgehead atoms. The molecular weight excluding hydrogens is 475 g/mol. The van der Waals surface area contributed by atoms with Crippen LogP contribution in [0.2, 0.25) is 18.8 Å². The first-order chi connectivity index (χ1) is 10.8. The predicted octanol–water partition coefficient (Wildman–Crippen LogP) is -0.523. The molecule has 2 saturated carbocycles. The zero-order valence-electron chi connectivity index (χ0n) is 14.7. The van der Waals surface area contributed by atoms with Gasteiger partial charge in [0.1, 0.15) is 0 Å². The van der Waals surface area contributed by atoms with Crippen molar-refractivity contribution in [3.63, 3.8) is 0 Å². The molecule has 0 nitrogen and oxygen atoms in total. The second kappa shape index (κ2) is 9.25. The van der Waals surface area contributed by atoms with Gasteiger partial charge in [-0.2, -0.15) is 0 Å². The summed E-state index contributed by atoms with van der Waals surface area (Å²) >= 11 is -1.28. The van der Waals surface area contributed by atoms with Gasteiger partial charge in [0.05, 0.1) is 0 Å². The molecule has 0 N–H and O–H groups in total. The van der Waals surface area contributed by atoms with Crippen molar-refractivity contribution >= 4 is 10.6 Å². The summed E-state index contributed by atoms with van der Waals surface area (Å²) in [7, 11) is -0.953. The number of allylic oxidation sites excluding steroid dienone is 8. The summed E-state index contributed by atoms with van der Waals surface area (Å²) in [6.07, 6.45) is 25.7. The van der Waals surface area contributed by atoms with Gasteiger partial charge in [-0.3, -0.25) is 0 Å². The SMILES string of the molecule is [CH3][GeH]([CH3])[Zr+2]([CH]1CCC2C=CC=CC21)[CH]1CCC2C=CC=CC21.[Cl-].[Cl-]. The minimum atomic E-state index is -1.28. The first-order valence-corrected chi connectivity index (χ1v) is 25.6. The van der Waals surface area contributed by atoms with Gasteiger partial charge in [0, 0.05) is 0 Å². The molecule has 4 heteroatoms.